The standard InChI is InChI=1S/C20H24N5O2PS/c1-24-11-19(22-12-24)17-9-16(29(26,27)25(2)13-28)6-7-18(17)23-20-8-5-15(10-21-20)14-3-4-14/h5-12,14H,3-4,13,28H2,1-2H3,(H,21,23). The van der Waals surface area contributed by atoms with Gasteiger partial charge in [0.25, 0.3) is 0 Å². The lowest BCUT2D eigenvalue weighted by molar-refractivity contribution is 0.513. The van der Waals surface area contributed by atoms with Crippen LogP contribution in [-0.2, 0) is 17.1 Å². The van der Waals surface area contributed by atoms with Crippen LogP contribution in [0.5, 0.6) is 0 Å². The molecule has 1 aliphatic rings. The average molecular weight is 429 g/mol. The Bertz CT molecular complexity index is 1120. The van der Waals surface area contributed by atoms with Crippen LogP contribution in [0.4, 0.5) is 11.5 Å². The summed E-state index contributed by atoms with van der Waals surface area (Å²) in [5, 5.41) is 3.32. The Morgan fingerprint density at radius 1 is 1.24 bits per heavy atom. The van der Waals surface area contributed by atoms with E-state index >= 15 is 0 Å². The highest BCUT2D eigenvalue weighted by atomic mass is 32.2. The fourth-order valence-electron chi connectivity index (χ4n) is 3.11. The van der Waals surface area contributed by atoms with Crippen molar-refractivity contribution in [2.24, 2.45) is 7.05 Å². The number of nitrogens with zero attached hydrogens (tertiary/aromatic N) is 4. The van der Waals surface area contributed by atoms with Crippen LogP contribution in [0.25, 0.3) is 11.3 Å². The van der Waals surface area contributed by atoms with Crippen molar-refractivity contribution in [1.82, 2.24) is 18.8 Å². The highest BCUT2D eigenvalue weighted by molar-refractivity contribution is 7.89. The predicted octanol–water partition coefficient (Wildman–Crippen LogP) is 3.56. The maximum Gasteiger partial charge on any atom is 0.243 e. The van der Waals surface area contributed by atoms with Crippen LogP contribution < -0.4 is 5.32 Å². The monoisotopic (exact) mass is 429 g/mol. The summed E-state index contributed by atoms with van der Waals surface area (Å²) in [5.74, 6) is 1.36. The van der Waals surface area contributed by atoms with Crippen molar-refractivity contribution in [3.8, 4) is 11.3 Å². The van der Waals surface area contributed by atoms with E-state index in [0.717, 1.165) is 5.69 Å². The molecule has 1 aromatic carbocycles. The van der Waals surface area contributed by atoms with E-state index in [1.807, 2.05) is 30.1 Å². The third-order valence-electron chi connectivity index (χ3n) is 5.04. The maximum absolute atomic E-state index is 12.8. The van der Waals surface area contributed by atoms with Crippen LogP contribution >= 0.6 is 9.24 Å². The van der Waals surface area contributed by atoms with Crippen LogP contribution in [0.15, 0.2) is 53.9 Å². The number of hydrogen-bond donors (Lipinski definition) is 1. The average Bonchev–Trinajstić information content (AvgIpc) is 3.48. The molecule has 29 heavy (non-hydrogen) atoms. The molecule has 0 amide bonds. The molecule has 4 rings (SSSR count). The van der Waals surface area contributed by atoms with E-state index in [-0.39, 0.29) is 4.90 Å². The summed E-state index contributed by atoms with van der Waals surface area (Å²) < 4.78 is 28.7. The fraction of sp³-hybridized carbons (Fsp3) is 0.300. The summed E-state index contributed by atoms with van der Waals surface area (Å²) in [6.07, 6.45) is 8.25. The van der Waals surface area contributed by atoms with Gasteiger partial charge in [0.15, 0.2) is 0 Å². The number of pyridine rings is 1. The first-order valence-corrected chi connectivity index (χ1v) is 11.7. The van der Waals surface area contributed by atoms with Crippen molar-refractivity contribution in [2.75, 3.05) is 18.7 Å². The number of rotatable bonds is 7. The smallest absolute Gasteiger partial charge is 0.243 e. The third-order valence-corrected chi connectivity index (χ3v) is 7.67. The SMILES string of the molecule is CN(CP)S(=O)(=O)c1ccc(Nc2ccc(C3CC3)cn2)c(-c2cn(C)cn2)c1. The van der Waals surface area contributed by atoms with Crippen molar-refractivity contribution < 1.29 is 8.42 Å². The lowest BCUT2D eigenvalue weighted by Crippen LogP contribution is -2.25. The number of nitrogens with one attached hydrogen (secondary N) is 1. The lowest BCUT2D eigenvalue weighted by atomic mass is 10.1. The molecule has 0 saturated heterocycles. The number of hydrogen-bond acceptors (Lipinski definition) is 5. The van der Waals surface area contributed by atoms with Crippen molar-refractivity contribution in [3.63, 3.8) is 0 Å². The Kier molecular flexibility index (Phi) is 5.42. The van der Waals surface area contributed by atoms with Crippen molar-refractivity contribution >= 4 is 30.8 Å². The first kappa shape index (κ1) is 20.0. The third kappa shape index (κ3) is 4.20. The molecule has 2 aromatic heterocycles. The summed E-state index contributed by atoms with van der Waals surface area (Å²) in [5.41, 5.74) is 3.41. The molecule has 9 heteroatoms. The van der Waals surface area contributed by atoms with Gasteiger partial charge in [-0.1, -0.05) is 6.07 Å². The molecule has 3 aromatic rings. The molecule has 7 nitrogen and oxygen atoms in total. The molecular formula is C20H24N5O2PS. The highest BCUT2D eigenvalue weighted by Gasteiger charge is 2.24. The molecule has 1 N–H and O–H groups in total. The van der Waals surface area contributed by atoms with E-state index in [1.165, 1.54) is 22.7 Å². The molecule has 1 unspecified atom stereocenters. The van der Waals surface area contributed by atoms with Crippen LogP contribution in [0, 0.1) is 0 Å². The summed E-state index contributed by atoms with van der Waals surface area (Å²) in [7, 11) is 2.29. The molecule has 2 heterocycles. The normalized spacial score (nSPS) is 14.3. The topological polar surface area (TPSA) is 80.1 Å². The maximum atomic E-state index is 12.8. The van der Waals surface area contributed by atoms with Gasteiger partial charge in [0.05, 0.1) is 16.9 Å². The number of aromatic nitrogens is 3. The zero-order valence-electron chi connectivity index (χ0n) is 16.4. The Morgan fingerprint density at radius 3 is 2.62 bits per heavy atom. The van der Waals surface area contributed by atoms with Gasteiger partial charge >= 0.3 is 0 Å². The van der Waals surface area contributed by atoms with Crippen molar-refractivity contribution in [1.29, 1.82) is 0 Å². The van der Waals surface area contributed by atoms with Gasteiger partial charge in [-0.15, -0.1) is 9.24 Å². The zero-order valence-corrected chi connectivity index (χ0v) is 18.4. The quantitative estimate of drug-likeness (QED) is 0.581. The number of sulfonamides is 1. The summed E-state index contributed by atoms with van der Waals surface area (Å²) in [6.45, 7) is 0. The van der Waals surface area contributed by atoms with Gasteiger partial charge in [-0.25, -0.2) is 18.4 Å². The van der Waals surface area contributed by atoms with Gasteiger partial charge in [-0.2, -0.15) is 4.31 Å². The van der Waals surface area contributed by atoms with Gasteiger partial charge < -0.3 is 9.88 Å². The van der Waals surface area contributed by atoms with Crippen LogP contribution in [0.1, 0.15) is 24.3 Å². The number of imidazole rings is 1. The zero-order chi connectivity index (χ0) is 20.6. The summed E-state index contributed by atoms with van der Waals surface area (Å²) in [4.78, 5) is 9.16. The van der Waals surface area contributed by atoms with E-state index in [1.54, 1.807) is 31.6 Å². The number of benzene rings is 1. The van der Waals surface area contributed by atoms with Crippen LogP contribution in [0.3, 0.4) is 0 Å². The fourth-order valence-corrected chi connectivity index (χ4v) is 4.76. The summed E-state index contributed by atoms with van der Waals surface area (Å²) in [6, 6.07) is 9.10. The van der Waals surface area contributed by atoms with E-state index in [4.69, 9.17) is 0 Å². The largest absolute Gasteiger partial charge is 0.340 e. The van der Waals surface area contributed by atoms with Gasteiger partial charge in [0.2, 0.25) is 10.0 Å². The van der Waals surface area contributed by atoms with E-state index < -0.39 is 10.0 Å². The second-order valence-electron chi connectivity index (χ2n) is 7.29. The molecule has 0 spiro atoms. The second-order valence-corrected chi connectivity index (χ2v) is 9.70. The van der Waals surface area contributed by atoms with E-state index in [9.17, 15) is 8.42 Å². The van der Waals surface area contributed by atoms with Crippen LogP contribution in [0.2, 0.25) is 0 Å². The van der Waals surface area contributed by atoms with Gasteiger partial charge in [0, 0.05) is 44.0 Å². The predicted molar refractivity (Wildman–Crippen MR) is 118 cm³/mol. The molecule has 152 valence electrons. The molecule has 1 aliphatic carbocycles. The molecule has 0 aliphatic heterocycles. The molecule has 1 fully saturated rings. The molecule has 0 bridgehead atoms. The van der Waals surface area contributed by atoms with Crippen LogP contribution in [-0.4, -0.2) is 40.6 Å². The number of aryl methyl sites for hydroxylation is 1. The minimum atomic E-state index is -3.58. The molecule has 0 radical (unpaired) electrons. The van der Waals surface area contributed by atoms with Gasteiger partial charge in [-0.3, -0.25) is 0 Å². The highest BCUT2D eigenvalue weighted by Crippen LogP contribution is 2.40. The van der Waals surface area contributed by atoms with E-state index in [2.05, 4.69) is 30.6 Å². The first-order chi connectivity index (χ1) is 13.9. The van der Waals surface area contributed by atoms with Crippen molar-refractivity contribution in [3.05, 3.63) is 54.6 Å². The number of anilines is 2. The second kappa shape index (κ2) is 7.86. The molecular weight excluding hydrogens is 405 g/mol. The Hall–Kier alpha value is -2.28. The Balaban J connectivity index is 1.72. The van der Waals surface area contributed by atoms with Gasteiger partial charge in [0.1, 0.15) is 5.82 Å². The minimum absolute atomic E-state index is 0.227. The summed E-state index contributed by atoms with van der Waals surface area (Å²) >= 11 is 0. The Labute approximate surface area is 173 Å². The minimum Gasteiger partial charge on any atom is -0.340 e. The molecule has 1 saturated carbocycles. The van der Waals surface area contributed by atoms with E-state index in [0.29, 0.717) is 29.3 Å². The lowest BCUT2D eigenvalue weighted by Gasteiger charge is -2.17. The molecule has 1 atom stereocenters. The first-order valence-electron chi connectivity index (χ1n) is 9.40. The van der Waals surface area contributed by atoms with Gasteiger partial charge in [-0.05, 0) is 48.6 Å². The van der Waals surface area contributed by atoms with Crippen molar-refractivity contribution in [2.45, 2.75) is 23.7 Å². The Morgan fingerprint density at radius 2 is 2.03 bits per heavy atom.